The SMILES string of the molecule is COc1cc2c(cc1OC)CN(CCCCn1ccc3ccc(Br)nc31)CC2. The topological polar surface area (TPSA) is 39.5 Å². The van der Waals surface area contributed by atoms with Gasteiger partial charge >= 0.3 is 0 Å². The molecule has 0 fully saturated rings. The third-order valence-corrected chi connectivity index (χ3v) is 5.94. The van der Waals surface area contributed by atoms with E-state index in [9.17, 15) is 0 Å². The number of ether oxygens (including phenoxy) is 2. The van der Waals surface area contributed by atoms with Gasteiger partial charge in [-0.15, -0.1) is 0 Å². The number of pyridine rings is 1. The Hall–Kier alpha value is -2.05. The molecule has 1 aliphatic heterocycles. The number of fused-ring (bicyclic) bond motifs is 2. The highest BCUT2D eigenvalue weighted by molar-refractivity contribution is 9.10. The standard InChI is InChI=1S/C22H26BrN3O2/c1-27-19-13-17-7-11-25(15-18(17)14-20(19)28-2)9-3-4-10-26-12-8-16-5-6-21(23)24-22(16)26/h5-6,8,12-14H,3-4,7,9-11,15H2,1-2H3. The molecule has 5 nitrogen and oxygen atoms in total. The van der Waals surface area contributed by atoms with Gasteiger partial charge in [0.05, 0.1) is 14.2 Å². The third kappa shape index (κ3) is 4.03. The van der Waals surface area contributed by atoms with E-state index in [4.69, 9.17) is 9.47 Å². The molecular formula is C22H26BrN3O2. The van der Waals surface area contributed by atoms with Crippen LogP contribution in [0.3, 0.4) is 0 Å². The fourth-order valence-electron chi connectivity index (χ4n) is 3.97. The molecule has 0 unspecified atom stereocenters. The largest absolute Gasteiger partial charge is 0.493 e. The van der Waals surface area contributed by atoms with Crippen LogP contribution in [0.1, 0.15) is 24.0 Å². The fourth-order valence-corrected chi connectivity index (χ4v) is 4.27. The van der Waals surface area contributed by atoms with Crippen LogP contribution in [0.2, 0.25) is 0 Å². The van der Waals surface area contributed by atoms with Crippen molar-refractivity contribution in [3.8, 4) is 11.5 Å². The Bertz CT molecular complexity index is 970. The van der Waals surface area contributed by atoms with Crippen LogP contribution >= 0.6 is 15.9 Å². The van der Waals surface area contributed by atoms with E-state index in [-0.39, 0.29) is 0 Å². The Kier molecular flexibility index (Phi) is 5.87. The number of methoxy groups -OCH3 is 2. The van der Waals surface area contributed by atoms with Gasteiger partial charge in [0.15, 0.2) is 11.5 Å². The summed E-state index contributed by atoms with van der Waals surface area (Å²) in [6.45, 7) is 4.20. The lowest BCUT2D eigenvalue weighted by Crippen LogP contribution is -2.31. The number of aryl methyl sites for hydroxylation is 1. The maximum absolute atomic E-state index is 5.47. The maximum atomic E-state index is 5.47. The van der Waals surface area contributed by atoms with Crippen LogP contribution in [-0.4, -0.2) is 41.8 Å². The first-order valence-corrected chi connectivity index (χ1v) is 10.5. The van der Waals surface area contributed by atoms with Gasteiger partial charge < -0.3 is 14.0 Å². The fraction of sp³-hybridized carbons (Fsp3) is 0.409. The minimum atomic E-state index is 0.821. The Morgan fingerprint density at radius 2 is 1.75 bits per heavy atom. The Morgan fingerprint density at radius 3 is 2.54 bits per heavy atom. The molecule has 3 heterocycles. The molecule has 0 spiro atoms. The van der Waals surface area contributed by atoms with E-state index in [1.54, 1.807) is 14.2 Å². The number of unbranched alkanes of at least 4 members (excludes halogenated alkanes) is 1. The average Bonchev–Trinajstić information content (AvgIpc) is 3.12. The van der Waals surface area contributed by atoms with Gasteiger partial charge in [-0.1, -0.05) is 0 Å². The number of hydrogen-bond donors (Lipinski definition) is 0. The molecule has 1 aliphatic rings. The van der Waals surface area contributed by atoms with E-state index in [0.29, 0.717) is 0 Å². The van der Waals surface area contributed by atoms with Crippen LogP contribution in [0.5, 0.6) is 11.5 Å². The second-order valence-electron chi connectivity index (χ2n) is 7.27. The molecule has 148 valence electrons. The molecule has 0 N–H and O–H groups in total. The van der Waals surface area contributed by atoms with Crippen LogP contribution < -0.4 is 9.47 Å². The van der Waals surface area contributed by atoms with Gasteiger partial charge in [0.25, 0.3) is 0 Å². The summed E-state index contributed by atoms with van der Waals surface area (Å²) >= 11 is 3.47. The first-order chi connectivity index (χ1) is 13.7. The zero-order valence-electron chi connectivity index (χ0n) is 16.4. The second kappa shape index (κ2) is 8.53. The summed E-state index contributed by atoms with van der Waals surface area (Å²) in [6.07, 6.45) is 5.53. The normalized spacial score (nSPS) is 14.2. The average molecular weight is 444 g/mol. The smallest absolute Gasteiger partial charge is 0.161 e. The van der Waals surface area contributed by atoms with Crippen LogP contribution in [0, 0.1) is 0 Å². The van der Waals surface area contributed by atoms with Crippen molar-refractivity contribution in [2.75, 3.05) is 27.3 Å². The van der Waals surface area contributed by atoms with Gasteiger partial charge in [-0.25, -0.2) is 4.98 Å². The van der Waals surface area contributed by atoms with Crippen molar-refractivity contribution in [1.82, 2.24) is 14.5 Å². The Morgan fingerprint density at radius 1 is 1.00 bits per heavy atom. The van der Waals surface area contributed by atoms with E-state index in [1.807, 2.05) is 6.07 Å². The number of nitrogens with zero attached hydrogens (tertiary/aromatic N) is 3. The van der Waals surface area contributed by atoms with Crippen molar-refractivity contribution in [3.05, 3.63) is 52.3 Å². The van der Waals surface area contributed by atoms with Crippen LogP contribution in [0.15, 0.2) is 41.1 Å². The maximum Gasteiger partial charge on any atom is 0.161 e. The predicted octanol–water partition coefficient (Wildman–Crippen LogP) is 4.65. The zero-order chi connectivity index (χ0) is 19.5. The van der Waals surface area contributed by atoms with E-state index in [0.717, 1.165) is 60.8 Å². The zero-order valence-corrected chi connectivity index (χ0v) is 18.0. The molecule has 0 aliphatic carbocycles. The van der Waals surface area contributed by atoms with E-state index in [2.05, 4.69) is 60.8 Å². The summed E-state index contributed by atoms with van der Waals surface area (Å²) < 4.78 is 14.0. The summed E-state index contributed by atoms with van der Waals surface area (Å²) in [6, 6.07) is 10.5. The second-order valence-corrected chi connectivity index (χ2v) is 8.08. The van der Waals surface area contributed by atoms with Gasteiger partial charge in [-0.2, -0.15) is 0 Å². The summed E-state index contributed by atoms with van der Waals surface area (Å²) in [5, 5.41) is 1.19. The molecule has 1 aromatic carbocycles. The minimum Gasteiger partial charge on any atom is -0.493 e. The van der Waals surface area contributed by atoms with Crippen molar-refractivity contribution >= 4 is 27.0 Å². The molecule has 0 saturated carbocycles. The molecule has 6 heteroatoms. The van der Waals surface area contributed by atoms with Crippen molar-refractivity contribution in [3.63, 3.8) is 0 Å². The molecular weight excluding hydrogens is 418 g/mol. The molecule has 0 bridgehead atoms. The van der Waals surface area contributed by atoms with Gasteiger partial charge in [0, 0.05) is 31.2 Å². The van der Waals surface area contributed by atoms with E-state index < -0.39 is 0 Å². The number of hydrogen-bond acceptors (Lipinski definition) is 4. The van der Waals surface area contributed by atoms with E-state index in [1.165, 1.54) is 22.9 Å². The predicted molar refractivity (Wildman–Crippen MR) is 115 cm³/mol. The molecule has 2 aromatic heterocycles. The summed E-state index contributed by atoms with van der Waals surface area (Å²) in [5.41, 5.74) is 3.79. The minimum absolute atomic E-state index is 0.821. The van der Waals surface area contributed by atoms with Gasteiger partial charge in [0.1, 0.15) is 10.3 Å². The summed E-state index contributed by atoms with van der Waals surface area (Å²) in [7, 11) is 3.39. The molecule has 0 amide bonds. The van der Waals surface area contributed by atoms with Crippen molar-refractivity contribution in [2.24, 2.45) is 0 Å². The molecule has 0 radical (unpaired) electrons. The van der Waals surface area contributed by atoms with E-state index >= 15 is 0 Å². The first kappa shape index (κ1) is 19.3. The lowest BCUT2D eigenvalue weighted by molar-refractivity contribution is 0.246. The van der Waals surface area contributed by atoms with Gasteiger partial charge in [-0.3, -0.25) is 4.90 Å². The van der Waals surface area contributed by atoms with Crippen molar-refractivity contribution < 1.29 is 9.47 Å². The molecule has 3 aromatic rings. The highest BCUT2D eigenvalue weighted by Gasteiger charge is 2.19. The third-order valence-electron chi connectivity index (χ3n) is 5.50. The molecule has 0 atom stereocenters. The number of halogens is 1. The van der Waals surface area contributed by atoms with Crippen LogP contribution in [-0.2, 0) is 19.5 Å². The molecule has 28 heavy (non-hydrogen) atoms. The van der Waals surface area contributed by atoms with Crippen molar-refractivity contribution in [2.45, 2.75) is 32.4 Å². The Labute approximate surface area is 174 Å². The van der Waals surface area contributed by atoms with Crippen LogP contribution in [0.25, 0.3) is 11.0 Å². The number of rotatable bonds is 7. The van der Waals surface area contributed by atoms with Gasteiger partial charge in [0.2, 0.25) is 0 Å². The quantitative estimate of drug-likeness (QED) is 0.393. The molecule has 4 rings (SSSR count). The highest BCUT2D eigenvalue weighted by Crippen LogP contribution is 2.33. The monoisotopic (exact) mass is 443 g/mol. The Balaban J connectivity index is 1.32. The molecule has 0 saturated heterocycles. The van der Waals surface area contributed by atoms with Crippen LogP contribution in [0.4, 0.5) is 0 Å². The van der Waals surface area contributed by atoms with Gasteiger partial charge in [-0.05, 0) is 83.2 Å². The number of aromatic nitrogens is 2. The summed E-state index contributed by atoms with van der Waals surface area (Å²) in [4.78, 5) is 7.15. The lowest BCUT2D eigenvalue weighted by atomic mass is 9.98. The number of benzene rings is 1. The highest BCUT2D eigenvalue weighted by atomic mass is 79.9. The lowest BCUT2D eigenvalue weighted by Gasteiger charge is -2.29. The first-order valence-electron chi connectivity index (χ1n) is 9.75. The summed E-state index contributed by atoms with van der Waals surface area (Å²) in [5.74, 6) is 1.65. The van der Waals surface area contributed by atoms with Crippen molar-refractivity contribution in [1.29, 1.82) is 0 Å².